The van der Waals surface area contributed by atoms with Gasteiger partial charge in [0.2, 0.25) is 0 Å². The number of urea groups is 1. The van der Waals surface area contributed by atoms with Crippen LogP contribution in [-0.2, 0) is 14.4 Å². The molecule has 0 saturated heterocycles. The minimum absolute atomic E-state index is 0.0675. The quantitative estimate of drug-likeness (QED) is 0.671. The van der Waals surface area contributed by atoms with Crippen LogP contribution >= 0.6 is 0 Å². The number of carbonyl (C=O) groups is 1. The molecule has 8 heteroatoms. The van der Waals surface area contributed by atoms with Crippen LogP contribution in [-0.4, -0.2) is 26.6 Å². The Morgan fingerprint density at radius 3 is 2.31 bits per heavy atom. The molecule has 0 unspecified atom stereocenters. The van der Waals surface area contributed by atoms with Crippen molar-refractivity contribution in [3.05, 3.63) is 66.7 Å². The van der Waals surface area contributed by atoms with Crippen molar-refractivity contribution in [3.63, 3.8) is 0 Å². The lowest BCUT2D eigenvalue weighted by atomic mass is 10.1. The van der Waals surface area contributed by atoms with E-state index >= 15 is 0 Å². The first-order chi connectivity index (χ1) is 12.4. The summed E-state index contributed by atoms with van der Waals surface area (Å²) < 4.78 is 30.1. The van der Waals surface area contributed by atoms with Gasteiger partial charge < -0.3 is 11.1 Å². The molecule has 0 radical (unpaired) electrons. The molecule has 3 N–H and O–H groups in total. The smallest absolute Gasteiger partial charge is 0.339 e. The predicted molar refractivity (Wildman–Crippen MR) is 99.3 cm³/mol. The lowest BCUT2D eigenvalue weighted by Gasteiger charge is -2.16. The Bertz CT molecular complexity index is 1050. The largest absolute Gasteiger partial charge is 0.355 e. The second-order valence-electron chi connectivity index (χ2n) is 5.52. The van der Waals surface area contributed by atoms with E-state index in [-0.39, 0.29) is 4.90 Å². The highest BCUT2D eigenvalue weighted by Gasteiger charge is 2.24. The summed E-state index contributed by atoms with van der Waals surface area (Å²) in [6.07, 6.45) is 0. The maximum absolute atomic E-state index is 12.7. The Hall–Kier alpha value is -3.10. The predicted octanol–water partition coefficient (Wildman–Crippen LogP) is 3.21. The van der Waals surface area contributed by atoms with Gasteiger partial charge in [-0.05, 0) is 29.7 Å². The number of hydrogen-bond donors (Lipinski definition) is 2. The minimum Gasteiger partial charge on any atom is -0.355 e. The van der Waals surface area contributed by atoms with E-state index in [1.54, 1.807) is 24.3 Å². The molecule has 0 spiro atoms. The molecule has 0 heterocycles. The Kier molecular flexibility index (Phi) is 4.79. The zero-order valence-electron chi connectivity index (χ0n) is 13.9. The Labute approximate surface area is 151 Å². The van der Waals surface area contributed by atoms with Crippen molar-refractivity contribution in [2.75, 3.05) is 12.4 Å². The SMILES string of the molecule is CN(OS(=O)(=O)c1cccc2cccc(Nc3ccccc3)c12)C(N)=O. The van der Waals surface area contributed by atoms with E-state index in [0.717, 1.165) is 12.7 Å². The number of primary amides is 1. The maximum Gasteiger partial charge on any atom is 0.339 e. The first-order valence-electron chi connectivity index (χ1n) is 7.70. The second-order valence-corrected chi connectivity index (χ2v) is 7.01. The van der Waals surface area contributed by atoms with Crippen molar-refractivity contribution in [2.45, 2.75) is 4.90 Å². The fourth-order valence-corrected chi connectivity index (χ4v) is 3.69. The number of rotatable bonds is 5. The molecule has 0 aliphatic carbocycles. The van der Waals surface area contributed by atoms with Gasteiger partial charge in [-0.2, -0.15) is 13.5 Å². The molecule has 0 aromatic heterocycles. The van der Waals surface area contributed by atoms with Crippen LogP contribution in [0.3, 0.4) is 0 Å². The van der Waals surface area contributed by atoms with Gasteiger partial charge in [-0.25, -0.2) is 4.79 Å². The summed E-state index contributed by atoms with van der Waals surface area (Å²) in [4.78, 5) is 11.1. The number of nitrogens with one attached hydrogen (secondary N) is 1. The summed E-state index contributed by atoms with van der Waals surface area (Å²) in [5.41, 5.74) is 6.45. The van der Waals surface area contributed by atoms with Crippen molar-refractivity contribution in [1.82, 2.24) is 5.06 Å². The van der Waals surface area contributed by atoms with Crippen LogP contribution in [0.5, 0.6) is 0 Å². The van der Waals surface area contributed by atoms with Crippen LogP contribution in [0.25, 0.3) is 10.8 Å². The first kappa shape index (κ1) is 17.7. The molecular weight excluding hydrogens is 354 g/mol. The average Bonchev–Trinajstić information content (AvgIpc) is 2.62. The molecule has 0 aliphatic heterocycles. The number of para-hydroxylation sites is 1. The van der Waals surface area contributed by atoms with Crippen LogP contribution in [0.2, 0.25) is 0 Å². The van der Waals surface area contributed by atoms with Crippen molar-refractivity contribution in [2.24, 2.45) is 5.73 Å². The van der Waals surface area contributed by atoms with Gasteiger partial charge in [0, 0.05) is 23.8 Å². The summed E-state index contributed by atoms with van der Waals surface area (Å²) in [5, 5.41) is 4.85. The van der Waals surface area contributed by atoms with Crippen molar-refractivity contribution in [3.8, 4) is 0 Å². The zero-order chi connectivity index (χ0) is 18.7. The molecule has 7 nitrogen and oxygen atoms in total. The van der Waals surface area contributed by atoms with Gasteiger partial charge in [-0.1, -0.05) is 42.5 Å². The lowest BCUT2D eigenvalue weighted by Crippen LogP contribution is -2.34. The number of hydroxylamine groups is 2. The van der Waals surface area contributed by atoms with Crippen LogP contribution in [0.15, 0.2) is 71.6 Å². The number of fused-ring (bicyclic) bond motifs is 1. The molecule has 134 valence electrons. The molecule has 2 amide bonds. The summed E-state index contributed by atoms with van der Waals surface area (Å²) in [6.45, 7) is 0. The average molecular weight is 371 g/mol. The molecule has 0 saturated carbocycles. The van der Waals surface area contributed by atoms with Gasteiger partial charge in [0.15, 0.2) is 0 Å². The number of amides is 2. The van der Waals surface area contributed by atoms with E-state index in [4.69, 9.17) is 10.0 Å². The van der Waals surface area contributed by atoms with Crippen LogP contribution in [0.4, 0.5) is 16.2 Å². The van der Waals surface area contributed by atoms with Crippen molar-refractivity contribution in [1.29, 1.82) is 0 Å². The Balaban J connectivity index is 2.13. The highest BCUT2D eigenvalue weighted by molar-refractivity contribution is 7.87. The van der Waals surface area contributed by atoms with Crippen molar-refractivity contribution >= 4 is 38.3 Å². The fourth-order valence-electron chi connectivity index (χ4n) is 2.52. The topological polar surface area (TPSA) is 102 Å². The van der Waals surface area contributed by atoms with Crippen LogP contribution < -0.4 is 11.1 Å². The number of anilines is 2. The second kappa shape index (κ2) is 7.03. The molecule has 3 aromatic carbocycles. The number of carbonyl (C=O) groups excluding carboxylic acids is 1. The molecule has 3 aromatic rings. The van der Waals surface area contributed by atoms with Crippen LogP contribution in [0.1, 0.15) is 0 Å². The third-order valence-electron chi connectivity index (χ3n) is 3.71. The molecule has 0 aliphatic rings. The summed E-state index contributed by atoms with van der Waals surface area (Å²) in [5.74, 6) is 0. The molecule has 3 rings (SSSR count). The highest BCUT2D eigenvalue weighted by Crippen LogP contribution is 2.33. The molecular formula is C18H17N3O4S. The standard InChI is InChI=1S/C18H17N3O4S/c1-21(18(19)22)25-26(23,24)16-12-6-8-13-7-5-11-15(17(13)16)20-14-9-3-2-4-10-14/h2-12,20H,1H3,(H2,19,22). The van der Waals surface area contributed by atoms with E-state index in [1.165, 1.54) is 6.07 Å². The van der Waals surface area contributed by atoms with Crippen LogP contribution in [0, 0.1) is 0 Å². The van der Waals surface area contributed by atoms with Gasteiger partial charge in [-0.3, -0.25) is 0 Å². The summed E-state index contributed by atoms with van der Waals surface area (Å²) in [6, 6.07) is 18.6. The molecule has 0 bridgehead atoms. The summed E-state index contributed by atoms with van der Waals surface area (Å²) in [7, 11) is -3.13. The molecule has 0 atom stereocenters. The Morgan fingerprint density at radius 1 is 1.00 bits per heavy atom. The Morgan fingerprint density at radius 2 is 1.65 bits per heavy atom. The van der Waals surface area contributed by atoms with E-state index in [9.17, 15) is 13.2 Å². The van der Waals surface area contributed by atoms with Crippen molar-refractivity contribution < 1.29 is 17.5 Å². The number of benzene rings is 3. The molecule has 0 fully saturated rings. The van der Waals surface area contributed by atoms with Gasteiger partial charge in [-0.15, -0.1) is 4.28 Å². The number of hydrogen-bond acceptors (Lipinski definition) is 5. The maximum atomic E-state index is 12.7. The number of nitrogens with two attached hydrogens (primary N) is 1. The number of nitrogens with zero attached hydrogens (tertiary/aromatic N) is 1. The normalized spacial score (nSPS) is 11.3. The zero-order valence-corrected chi connectivity index (χ0v) is 14.7. The lowest BCUT2D eigenvalue weighted by molar-refractivity contribution is 0.0241. The minimum atomic E-state index is -4.26. The first-order valence-corrected chi connectivity index (χ1v) is 9.11. The third-order valence-corrected chi connectivity index (χ3v) is 5.01. The van der Waals surface area contributed by atoms with Gasteiger partial charge in [0.05, 0.1) is 0 Å². The van der Waals surface area contributed by atoms with E-state index in [2.05, 4.69) is 5.32 Å². The van der Waals surface area contributed by atoms with Gasteiger partial charge in [0.1, 0.15) is 4.90 Å². The molecule has 26 heavy (non-hydrogen) atoms. The van der Waals surface area contributed by atoms with Gasteiger partial charge >= 0.3 is 16.1 Å². The third kappa shape index (κ3) is 3.61. The fraction of sp³-hybridized carbons (Fsp3) is 0.0556. The summed E-state index contributed by atoms with van der Waals surface area (Å²) >= 11 is 0. The van der Waals surface area contributed by atoms with E-state index in [0.29, 0.717) is 21.5 Å². The monoisotopic (exact) mass is 371 g/mol. The van der Waals surface area contributed by atoms with E-state index < -0.39 is 16.1 Å². The van der Waals surface area contributed by atoms with E-state index in [1.807, 2.05) is 36.4 Å². The highest BCUT2D eigenvalue weighted by atomic mass is 32.2. The van der Waals surface area contributed by atoms with Gasteiger partial charge in [0.25, 0.3) is 0 Å².